The van der Waals surface area contributed by atoms with Gasteiger partial charge in [0.1, 0.15) is 5.82 Å². The van der Waals surface area contributed by atoms with E-state index in [1.807, 2.05) is 0 Å². The summed E-state index contributed by atoms with van der Waals surface area (Å²) in [4.78, 5) is 0. The molecule has 4 heteroatoms. The van der Waals surface area contributed by atoms with E-state index in [1.165, 1.54) is 24.1 Å². The Hall–Kier alpha value is -1.03. The molecule has 2 aliphatic rings. The van der Waals surface area contributed by atoms with Gasteiger partial charge in [-0.2, -0.15) is 5.10 Å². The van der Waals surface area contributed by atoms with Crippen molar-refractivity contribution in [3.05, 3.63) is 11.3 Å². The summed E-state index contributed by atoms with van der Waals surface area (Å²) < 4.78 is 2.16. The summed E-state index contributed by atoms with van der Waals surface area (Å²) in [5.41, 5.74) is 8.46. The lowest BCUT2D eigenvalue weighted by molar-refractivity contribution is 0.562. The number of rotatable bonds is 1. The fourth-order valence-electron chi connectivity index (χ4n) is 2.02. The van der Waals surface area contributed by atoms with Gasteiger partial charge in [0.15, 0.2) is 0 Å². The molecule has 1 aliphatic heterocycles. The number of nitrogen functional groups attached to an aromatic ring is 1. The molecule has 0 saturated heterocycles. The molecule has 0 spiro atoms. The normalized spacial score (nSPS) is 21.5. The average Bonchev–Trinajstić information content (AvgIpc) is 2.94. The fourth-order valence-corrected chi connectivity index (χ4v) is 2.02. The van der Waals surface area contributed by atoms with Crippen LogP contribution in [0, 0.1) is 0 Å². The second-order valence-corrected chi connectivity index (χ2v) is 3.91. The van der Waals surface area contributed by atoms with E-state index >= 15 is 0 Å². The molecule has 4 nitrogen and oxygen atoms in total. The van der Waals surface area contributed by atoms with Crippen LogP contribution in [0.5, 0.6) is 0 Å². The molecule has 0 atom stereocenters. The monoisotopic (exact) mass is 178 g/mol. The lowest BCUT2D eigenvalue weighted by Crippen LogP contribution is -2.24. The molecule has 0 aromatic carbocycles. The van der Waals surface area contributed by atoms with Gasteiger partial charge in [-0.25, -0.2) is 0 Å². The Kier molecular flexibility index (Phi) is 1.41. The minimum atomic E-state index is 0.657. The van der Waals surface area contributed by atoms with Gasteiger partial charge < -0.3 is 11.1 Å². The molecule has 1 saturated carbocycles. The Balaban J connectivity index is 2.09. The molecule has 13 heavy (non-hydrogen) atoms. The first-order chi connectivity index (χ1) is 6.36. The molecule has 1 fully saturated rings. The Morgan fingerprint density at radius 1 is 1.46 bits per heavy atom. The number of nitrogens with two attached hydrogens (primary N) is 1. The van der Waals surface area contributed by atoms with E-state index in [4.69, 9.17) is 5.73 Å². The quantitative estimate of drug-likeness (QED) is 0.656. The Labute approximate surface area is 77.1 Å². The first-order valence-corrected chi connectivity index (χ1v) is 4.92. The third-order valence-corrected chi connectivity index (χ3v) is 2.88. The molecular weight excluding hydrogens is 164 g/mol. The zero-order valence-corrected chi connectivity index (χ0v) is 7.58. The summed E-state index contributed by atoms with van der Waals surface area (Å²) in [5.74, 6) is 0.731. The highest BCUT2D eigenvalue weighted by molar-refractivity contribution is 5.44. The van der Waals surface area contributed by atoms with Crippen molar-refractivity contribution in [2.75, 3.05) is 12.3 Å². The van der Waals surface area contributed by atoms with Crippen molar-refractivity contribution < 1.29 is 0 Å². The molecule has 3 N–H and O–H groups in total. The average molecular weight is 178 g/mol. The van der Waals surface area contributed by atoms with Crippen molar-refractivity contribution in [3.63, 3.8) is 0 Å². The van der Waals surface area contributed by atoms with Gasteiger partial charge in [-0.05, 0) is 12.8 Å². The van der Waals surface area contributed by atoms with Crippen LogP contribution >= 0.6 is 0 Å². The van der Waals surface area contributed by atoms with Crippen molar-refractivity contribution in [1.29, 1.82) is 0 Å². The summed E-state index contributed by atoms with van der Waals surface area (Å²) in [6.07, 6.45) is 3.64. The zero-order valence-electron chi connectivity index (χ0n) is 7.58. The molecule has 3 rings (SSSR count). The van der Waals surface area contributed by atoms with Crippen LogP contribution in [0.1, 0.15) is 30.1 Å². The minimum absolute atomic E-state index is 0.657. The first-order valence-electron chi connectivity index (χ1n) is 4.92. The van der Waals surface area contributed by atoms with E-state index in [1.54, 1.807) is 0 Å². The largest absolute Gasteiger partial charge is 0.382 e. The van der Waals surface area contributed by atoms with E-state index in [0.29, 0.717) is 6.04 Å². The van der Waals surface area contributed by atoms with E-state index in [-0.39, 0.29) is 0 Å². The molecule has 0 radical (unpaired) electrons. The molecule has 1 aliphatic carbocycles. The Bertz CT molecular complexity index is 338. The number of hydrogen-bond acceptors (Lipinski definition) is 3. The molecule has 2 heterocycles. The molecule has 1 aromatic heterocycles. The van der Waals surface area contributed by atoms with Crippen LogP contribution < -0.4 is 11.1 Å². The van der Waals surface area contributed by atoms with E-state index in [9.17, 15) is 0 Å². The fraction of sp³-hybridized carbons (Fsp3) is 0.667. The lowest BCUT2D eigenvalue weighted by atomic mass is 10.1. The van der Waals surface area contributed by atoms with E-state index in [2.05, 4.69) is 15.1 Å². The molecular formula is C9H14N4. The van der Waals surface area contributed by atoms with E-state index in [0.717, 1.165) is 25.3 Å². The molecule has 0 amide bonds. The van der Waals surface area contributed by atoms with Gasteiger partial charge in [-0.3, -0.25) is 4.68 Å². The number of nitrogens with one attached hydrogen (secondary N) is 1. The lowest BCUT2D eigenvalue weighted by Gasteiger charge is -2.14. The highest BCUT2D eigenvalue weighted by Crippen LogP contribution is 2.37. The number of nitrogens with zero attached hydrogens (tertiary/aromatic N) is 2. The van der Waals surface area contributed by atoms with Crippen molar-refractivity contribution in [2.24, 2.45) is 0 Å². The summed E-state index contributed by atoms with van der Waals surface area (Å²) in [7, 11) is 0. The predicted octanol–water partition coefficient (Wildman–Crippen LogP) is 0.446. The van der Waals surface area contributed by atoms with Crippen molar-refractivity contribution in [3.8, 4) is 0 Å². The maximum absolute atomic E-state index is 5.86. The number of anilines is 1. The van der Waals surface area contributed by atoms with Gasteiger partial charge in [0.25, 0.3) is 0 Å². The van der Waals surface area contributed by atoms with Crippen molar-refractivity contribution in [2.45, 2.75) is 31.8 Å². The highest BCUT2D eigenvalue weighted by Gasteiger charge is 2.30. The second-order valence-electron chi connectivity index (χ2n) is 3.91. The topological polar surface area (TPSA) is 55.9 Å². The zero-order chi connectivity index (χ0) is 8.84. The SMILES string of the molecule is Nc1nn(C2CC2)c2c1CNCC2. The van der Waals surface area contributed by atoms with Crippen LogP contribution in [0.2, 0.25) is 0 Å². The maximum atomic E-state index is 5.86. The van der Waals surface area contributed by atoms with Gasteiger partial charge in [0.2, 0.25) is 0 Å². The predicted molar refractivity (Wildman–Crippen MR) is 50.3 cm³/mol. The van der Waals surface area contributed by atoms with Gasteiger partial charge >= 0.3 is 0 Å². The van der Waals surface area contributed by atoms with Crippen LogP contribution in [-0.2, 0) is 13.0 Å². The van der Waals surface area contributed by atoms with Crippen LogP contribution in [0.15, 0.2) is 0 Å². The van der Waals surface area contributed by atoms with Crippen LogP contribution in [0.4, 0.5) is 5.82 Å². The van der Waals surface area contributed by atoms with Gasteiger partial charge in [-0.15, -0.1) is 0 Å². The number of aromatic nitrogens is 2. The standard InChI is InChI=1S/C9H14N4/c10-9-7-5-11-4-3-8(7)13(12-9)6-1-2-6/h6,11H,1-5H2,(H2,10,12). The minimum Gasteiger partial charge on any atom is -0.382 e. The molecule has 1 aromatic rings. The Morgan fingerprint density at radius 2 is 2.31 bits per heavy atom. The smallest absolute Gasteiger partial charge is 0.150 e. The van der Waals surface area contributed by atoms with Crippen molar-refractivity contribution in [1.82, 2.24) is 15.1 Å². The van der Waals surface area contributed by atoms with Crippen LogP contribution in [0.3, 0.4) is 0 Å². The van der Waals surface area contributed by atoms with Crippen molar-refractivity contribution >= 4 is 5.82 Å². The van der Waals surface area contributed by atoms with Crippen LogP contribution in [-0.4, -0.2) is 16.3 Å². The summed E-state index contributed by atoms with van der Waals surface area (Å²) in [6, 6.07) is 0.657. The van der Waals surface area contributed by atoms with Crippen LogP contribution in [0.25, 0.3) is 0 Å². The van der Waals surface area contributed by atoms with E-state index < -0.39 is 0 Å². The summed E-state index contributed by atoms with van der Waals surface area (Å²) in [5, 5.41) is 7.73. The maximum Gasteiger partial charge on any atom is 0.150 e. The number of hydrogen-bond donors (Lipinski definition) is 2. The first kappa shape index (κ1) is 7.38. The highest BCUT2D eigenvalue weighted by atomic mass is 15.3. The Morgan fingerprint density at radius 3 is 3.08 bits per heavy atom. The third kappa shape index (κ3) is 1.05. The summed E-state index contributed by atoms with van der Waals surface area (Å²) >= 11 is 0. The number of fused-ring (bicyclic) bond motifs is 1. The second kappa shape index (κ2) is 2.48. The van der Waals surface area contributed by atoms with Gasteiger partial charge in [0, 0.05) is 30.8 Å². The molecule has 0 unspecified atom stereocenters. The van der Waals surface area contributed by atoms with Gasteiger partial charge in [0.05, 0.1) is 6.04 Å². The van der Waals surface area contributed by atoms with Gasteiger partial charge in [-0.1, -0.05) is 0 Å². The molecule has 0 bridgehead atoms. The molecule has 70 valence electrons. The third-order valence-electron chi connectivity index (χ3n) is 2.88. The summed E-state index contributed by atoms with van der Waals surface area (Å²) in [6.45, 7) is 1.96.